The van der Waals surface area contributed by atoms with Crippen molar-refractivity contribution >= 4 is 47.3 Å². The van der Waals surface area contributed by atoms with Crippen molar-refractivity contribution in [2.24, 2.45) is 5.73 Å². The molecule has 19 heteroatoms. The van der Waals surface area contributed by atoms with Crippen LogP contribution >= 0.6 is 0 Å². The van der Waals surface area contributed by atoms with Crippen molar-refractivity contribution in [3.8, 4) is 0 Å². The summed E-state index contributed by atoms with van der Waals surface area (Å²) < 4.78 is 0. The van der Waals surface area contributed by atoms with E-state index in [1.54, 1.807) is 0 Å². The van der Waals surface area contributed by atoms with Gasteiger partial charge in [0.25, 0.3) is 0 Å². The number of primary amides is 1. The number of carbonyl (C=O) groups excluding carboxylic acids is 8. The Balaban J connectivity index is 1.58. The molecule has 3 fully saturated rings. The van der Waals surface area contributed by atoms with Crippen LogP contribution in [0.25, 0.3) is 0 Å². The molecular weight excluding hydrogens is 636 g/mol. The normalized spacial score (nSPS) is 22.4. The first-order valence-electron chi connectivity index (χ1n) is 16.0. The second-order valence-corrected chi connectivity index (χ2v) is 12.0. The van der Waals surface area contributed by atoms with Gasteiger partial charge in [-0.25, -0.2) is 0 Å². The Morgan fingerprint density at radius 3 is 1.77 bits per heavy atom. The number of hydrogen-bond donors (Lipinski definition) is 8. The highest BCUT2D eigenvalue weighted by atomic mass is 16.3. The van der Waals surface area contributed by atoms with Gasteiger partial charge in [-0.05, 0) is 45.4 Å². The number of nitrogens with two attached hydrogens (primary N) is 1. The molecule has 0 spiro atoms. The quantitative estimate of drug-likeness (QED) is 0.0806. The van der Waals surface area contributed by atoms with Gasteiger partial charge < -0.3 is 57.0 Å². The molecule has 19 nitrogen and oxygen atoms in total. The fourth-order valence-electron chi connectivity index (χ4n) is 6.19. The molecule has 0 bridgehead atoms. The fourth-order valence-corrected chi connectivity index (χ4v) is 6.19. The zero-order valence-electron chi connectivity index (χ0n) is 26.9. The van der Waals surface area contributed by atoms with Crippen molar-refractivity contribution in [3.05, 3.63) is 0 Å². The molecule has 0 radical (unpaired) electrons. The molecule has 0 aromatic carbocycles. The Hall–Kier alpha value is -4.36. The lowest BCUT2D eigenvalue weighted by molar-refractivity contribution is -0.151. The van der Waals surface area contributed by atoms with Crippen LogP contribution < -0.4 is 27.0 Å². The molecule has 3 heterocycles. The number of hydrogen-bond acceptors (Lipinski definition) is 11. The van der Waals surface area contributed by atoms with E-state index in [1.807, 2.05) is 0 Å². The summed E-state index contributed by atoms with van der Waals surface area (Å²) >= 11 is 0. The van der Waals surface area contributed by atoms with Gasteiger partial charge in [-0.2, -0.15) is 0 Å². The first-order chi connectivity index (χ1) is 22.8. The highest BCUT2D eigenvalue weighted by Gasteiger charge is 2.46. The Morgan fingerprint density at radius 2 is 1.23 bits per heavy atom. The van der Waals surface area contributed by atoms with Crippen LogP contribution in [0.1, 0.15) is 51.9 Å². The predicted octanol–water partition coefficient (Wildman–Crippen LogP) is -5.60. The number of aliphatic hydroxyl groups is 3. The van der Waals surface area contributed by atoms with E-state index in [-0.39, 0.29) is 26.1 Å². The van der Waals surface area contributed by atoms with Gasteiger partial charge in [-0.15, -0.1) is 0 Å². The van der Waals surface area contributed by atoms with Gasteiger partial charge in [-0.1, -0.05) is 0 Å². The number of nitrogens with zero attached hydrogens (tertiary/aromatic N) is 3. The SMILES string of the molecule is C[C@H](NC(=O)CNC(=O)[C@H](CO)NC(=O)CCO)C(=O)N1CCC[C@H]1C(=O)N1CCC[C@H]1C(=O)N1CCC[C@H]1C(=O)N[C@@H](CO)C(N)=O. The highest BCUT2D eigenvalue weighted by molar-refractivity contribution is 5.97. The molecule has 268 valence electrons. The topological polar surface area (TPSA) is 281 Å². The molecule has 9 N–H and O–H groups in total. The molecular formula is C29H46N8O11. The van der Waals surface area contributed by atoms with E-state index in [2.05, 4.69) is 21.3 Å². The average Bonchev–Trinajstić information content (AvgIpc) is 3.85. The van der Waals surface area contributed by atoms with Gasteiger partial charge in [0, 0.05) is 26.1 Å². The van der Waals surface area contributed by atoms with Gasteiger partial charge in [-0.3, -0.25) is 38.4 Å². The lowest BCUT2D eigenvalue weighted by Gasteiger charge is -2.34. The average molecular weight is 683 g/mol. The number of aliphatic hydroxyl groups excluding tert-OH is 3. The zero-order valence-corrected chi connectivity index (χ0v) is 26.9. The van der Waals surface area contributed by atoms with E-state index in [4.69, 9.17) is 10.8 Å². The van der Waals surface area contributed by atoms with E-state index in [0.29, 0.717) is 38.5 Å². The summed E-state index contributed by atoms with van der Waals surface area (Å²) in [5, 5.41) is 36.9. The minimum absolute atomic E-state index is 0.241. The van der Waals surface area contributed by atoms with Crippen molar-refractivity contribution < 1.29 is 53.7 Å². The van der Waals surface area contributed by atoms with Gasteiger partial charge in [0.05, 0.1) is 26.4 Å². The Kier molecular flexibility index (Phi) is 14.0. The zero-order chi connectivity index (χ0) is 35.5. The Morgan fingerprint density at radius 1 is 0.708 bits per heavy atom. The van der Waals surface area contributed by atoms with Crippen LogP contribution in [0.15, 0.2) is 0 Å². The monoisotopic (exact) mass is 682 g/mol. The molecule has 8 amide bonds. The van der Waals surface area contributed by atoms with Gasteiger partial charge >= 0.3 is 0 Å². The van der Waals surface area contributed by atoms with Crippen molar-refractivity contribution in [1.82, 2.24) is 36.0 Å². The predicted molar refractivity (Wildman–Crippen MR) is 164 cm³/mol. The molecule has 0 saturated carbocycles. The van der Waals surface area contributed by atoms with Crippen LogP contribution in [0.2, 0.25) is 0 Å². The molecule has 3 rings (SSSR count). The molecule has 0 unspecified atom stereocenters. The fraction of sp³-hybridized carbons (Fsp3) is 0.724. The molecule has 3 aliphatic rings. The van der Waals surface area contributed by atoms with Crippen molar-refractivity contribution in [1.29, 1.82) is 0 Å². The maximum atomic E-state index is 13.8. The van der Waals surface area contributed by atoms with Crippen molar-refractivity contribution in [2.75, 3.05) is 46.0 Å². The standard InChI is InChI=1S/C29H46N8O11/c1-16(32-23(42)13-31-25(44)18(15-40)33-22(41)8-12-38)27(46)36-10-3-6-20(36)29(48)37-11-4-7-21(37)28(47)35-9-2-5-19(35)26(45)34-17(14-39)24(30)43/h16-21,38-40H,2-15H2,1H3,(H2,30,43)(H,31,44)(H,32,42)(H,33,41)(H,34,45)/t16-,17-,18-,19-,20-,21-/m0/s1. The summed E-state index contributed by atoms with van der Waals surface area (Å²) in [7, 11) is 0. The summed E-state index contributed by atoms with van der Waals surface area (Å²) in [6.45, 7) is -0.258. The molecule has 48 heavy (non-hydrogen) atoms. The van der Waals surface area contributed by atoms with Gasteiger partial charge in [0.15, 0.2) is 0 Å². The molecule has 0 aromatic heterocycles. The largest absolute Gasteiger partial charge is 0.396 e. The number of nitrogens with one attached hydrogen (secondary N) is 4. The van der Waals surface area contributed by atoms with E-state index in [1.165, 1.54) is 21.6 Å². The molecule has 0 aliphatic carbocycles. The third-order valence-electron chi connectivity index (χ3n) is 8.67. The van der Waals surface area contributed by atoms with Crippen molar-refractivity contribution in [2.45, 2.75) is 88.1 Å². The summed E-state index contributed by atoms with van der Waals surface area (Å²) in [5.74, 6) is -5.19. The van der Waals surface area contributed by atoms with Gasteiger partial charge in [0.1, 0.15) is 36.3 Å². The molecule has 3 saturated heterocycles. The first kappa shape index (κ1) is 38.1. The lowest BCUT2D eigenvalue weighted by atomic mass is 10.1. The van der Waals surface area contributed by atoms with Crippen LogP contribution in [-0.2, 0) is 38.4 Å². The van der Waals surface area contributed by atoms with E-state index >= 15 is 0 Å². The van der Waals surface area contributed by atoms with Crippen molar-refractivity contribution in [3.63, 3.8) is 0 Å². The van der Waals surface area contributed by atoms with E-state index < -0.39 is 110 Å². The maximum Gasteiger partial charge on any atom is 0.246 e. The van der Waals surface area contributed by atoms with Crippen LogP contribution in [0.5, 0.6) is 0 Å². The lowest BCUT2D eigenvalue weighted by Crippen LogP contribution is -2.58. The maximum absolute atomic E-state index is 13.8. The smallest absolute Gasteiger partial charge is 0.246 e. The molecule has 3 aliphatic heterocycles. The van der Waals surface area contributed by atoms with Crippen LogP contribution in [0.3, 0.4) is 0 Å². The van der Waals surface area contributed by atoms with Crippen LogP contribution in [-0.4, -0.2) is 160 Å². The summed E-state index contributed by atoms with van der Waals surface area (Å²) in [5.41, 5.74) is 5.21. The summed E-state index contributed by atoms with van der Waals surface area (Å²) in [6, 6.07) is -6.36. The molecule has 6 atom stereocenters. The third kappa shape index (κ3) is 9.38. The highest BCUT2D eigenvalue weighted by Crippen LogP contribution is 2.28. The summed E-state index contributed by atoms with van der Waals surface area (Å²) in [6.07, 6.45) is 2.31. The minimum atomic E-state index is -1.34. The Labute approximate surface area is 276 Å². The van der Waals surface area contributed by atoms with E-state index in [9.17, 15) is 48.6 Å². The Bertz CT molecular complexity index is 1250. The van der Waals surface area contributed by atoms with E-state index in [0.717, 1.165) is 0 Å². The first-order valence-corrected chi connectivity index (χ1v) is 16.0. The van der Waals surface area contributed by atoms with Crippen LogP contribution in [0.4, 0.5) is 0 Å². The van der Waals surface area contributed by atoms with Gasteiger partial charge in [0.2, 0.25) is 47.3 Å². The number of amides is 8. The number of rotatable bonds is 15. The number of carbonyl (C=O) groups is 8. The second-order valence-electron chi connectivity index (χ2n) is 12.0. The van der Waals surface area contributed by atoms with Crippen LogP contribution in [0, 0.1) is 0 Å². The number of likely N-dealkylation sites (tertiary alicyclic amines) is 3. The third-order valence-corrected chi connectivity index (χ3v) is 8.67. The second kappa shape index (κ2) is 17.7. The molecule has 0 aromatic rings. The minimum Gasteiger partial charge on any atom is -0.396 e. The summed E-state index contributed by atoms with van der Waals surface area (Å²) in [4.78, 5) is 106.